The molecule has 1 atom stereocenters. The minimum atomic E-state index is -0.0857. The van der Waals surface area contributed by atoms with Crippen molar-refractivity contribution < 1.29 is 4.79 Å². The van der Waals surface area contributed by atoms with Gasteiger partial charge in [-0.3, -0.25) is 14.2 Å². The first kappa shape index (κ1) is 21.1. The van der Waals surface area contributed by atoms with Crippen LogP contribution in [0.25, 0.3) is 16.6 Å². The molecule has 1 amide bonds. The van der Waals surface area contributed by atoms with Crippen molar-refractivity contribution in [1.29, 1.82) is 0 Å². The summed E-state index contributed by atoms with van der Waals surface area (Å²) in [6.07, 6.45) is 5.87. The zero-order chi connectivity index (χ0) is 22.9. The summed E-state index contributed by atoms with van der Waals surface area (Å²) < 4.78 is 3.50. The molecule has 8 heteroatoms. The largest absolute Gasteiger partial charge is 0.339 e. The Balaban J connectivity index is 1.30. The lowest BCUT2D eigenvalue weighted by Gasteiger charge is -2.26. The van der Waals surface area contributed by atoms with E-state index in [-0.39, 0.29) is 23.6 Å². The van der Waals surface area contributed by atoms with E-state index >= 15 is 0 Å². The number of rotatable bonds is 7. The van der Waals surface area contributed by atoms with Crippen molar-refractivity contribution in [3.63, 3.8) is 0 Å². The Labute approximate surface area is 191 Å². The van der Waals surface area contributed by atoms with E-state index in [1.807, 2.05) is 67.1 Å². The molecule has 33 heavy (non-hydrogen) atoms. The third kappa shape index (κ3) is 4.16. The van der Waals surface area contributed by atoms with E-state index in [0.29, 0.717) is 29.6 Å². The number of aryl methyl sites for hydroxylation is 1. The average Bonchev–Trinajstić information content (AvgIpc) is 3.53. The van der Waals surface area contributed by atoms with Crippen LogP contribution < -0.4 is 5.56 Å². The molecule has 2 aromatic heterocycles. The fourth-order valence-corrected chi connectivity index (χ4v) is 4.16. The molecule has 0 saturated heterocycles. The molecule has 1 aliphatic rings. The van der Waals surface area contributed by atoms with Gasteiger partial charge in [-0.15, -0.1) is 0 Å². The minimum Gasteiger partial charge on any atom is -0.339 e. The molecule has 1 saturated carbocycles. The number of carbonyl (C=O) groups is 1. The molecule has 8 nitrogen and oxygen atoms in total. The van der Waals surface area contributed by atoms with Crippen molar-refractivity contribution in [2.75, 3.05) is 7.05 Å². The maximum atomic E-state index is 13.0. The van der Waals surface area contributed by atoms with Gasteiger partial charge in [-0.2, -0.15) is 5.10 Å². The van der Waals surface area contributed by atoms with Gasteiger partial charge in [0.25, 0.3) is 5.56 Å². The molecule has 1 unspecified atom stereocenters. The predicted octanol–water partition coefficient (Wildman–Crippen LogP) is 3.46. The number of carbonyl (C=O) groups excluding carboxylic acids is 1. The lowest BCUT2D eigenvalue weighted by Crippen LogP contribution is -2.31. The van der Waals surface area contributed by atoms with Crippen molar-refractivity contribution in [1.82, 2.24) is 29.2 Å². The molecule has 2 heterocycles. The Morgan fingerprint density at radius 3 is 2.61 bits per heavy atom. The maximum Gasteiger partial charge on any atom is 0.261 e. The molecule has 0 aliphatic heterocycles. The van der Waals surface area contributed by atoms with Crippen LogP contribution in [0.4, 0.5) is 0 Å². The fourth-order valence-electron chi connectivity index (χ4n) is 4.16. The first-order chi connectivity index (χ1) is 16.0. The third-order valence-corrected chi connectivity index (χ3v) is 6.39. The van der Waals surface area contributed by atoms with E-state index < -0.39 is 0 Å². The molecule has 5 rings (SSSR count). The molecule has 1 fully saturated rings. The first-order valence-electron chi connectivity index (χ1n) is 11.2. The van der Waals surface area contributed by atoms with Gasteiger partial charge in [0.05, 0.1) is 22.6 Å². The van der Waals surface area contributed by atoms with Crippen molar-refractivity contribution in [2.45, 2.75) is 44.7 Å². The highest BCUT2D eigenvalue weighted by Gasteiger charge is 2.28. The zero-order valence-electron chi connectivity index (χ0n) is 18.8. The van der Waals surface area contributed by atoms with Crippen LogP contribution in [-0.4, -0.2) is 42.2 Å². The quantitative estimate of drug-likeness (QED) is 0.438. The van der Waals surface area contributed by atoms with Gasteiger partial charge in [-0.1, -0.05) is 24.3 Å². The number of aromatic nitrogens is 5. The highest BCUT2D eigenvalue weighted by molar-refractivity contribution is 5.78. The van der Waals surface area contributed by atoms with Crippen molar-refractivity contribution in [2.24, 2.45) is 0 Å². The monoisotopic (exact) mass is 442 g/mol. The van der Waals surface area contributed by atoms with Gasteiger partial charge in [0, 0.05) is 25.9 Å². The van der Waals surface area contributed by atoms with Gasteiger partial charge in [0.15, 0.2) is 0 Å². The number of nitrogens with zero attached hydrogens (tertiary/aromatic N) is 6. The van der Waals surface area contributed by atoms with E-state index in [0.717, 1.165) is 24.1 Å². The van der Waals surface area contributed by atoms with Crippen molar-refractivity contribution in [3.8, 4) is 5.69 Å². The van der Waals surface area contributed by atoms with Crippen LogP contribution >= 0.6 is 0 Å². The maximum absolute atomic E-state index is 13.0. The van der Waals surface area contributed by atoms with Gasteiger partial charge >= 0.3 is 0 Å². The second-order valence-electron chi connectivity index (χ2n) is 8.56. The minimum absolute atomic E-state index is 0.000238. The number of amides is 1. The van der Waals surface area contributed by atoms with Crippen LogP contribution in [0, 0.1) is 0 Å². The number of hydrogen-bond acceptors (Lipinski definition) is 5. The van der Waals surface area contributed by atoms with Crippen molar-refractivity contribution in [3.05, 3.63) is 82.9 Å². The highest BCUT2D eigenvalue weighted by Crippen LogP contribution is 2.35. The summed E-state index contributed by atoms with van der Waals surface area (Å²) in [4.78, 5) is 36.5. The van der Waals surface area contributed by atoms with E-state index in [4.69, 9.17) is 4.98 Å². The van der Waals surface area contributed by atoms with Crippen LogP contribution in [-0.2, 0) is 11.2 Å². The predicted molar refractivity (Wildman–Crippen MR) is 125 cm³/mol. The number of fused-ring (bicyclic) bond motifs is 1. The summed E-state index contributed by atoms with van der Waals surface area (Å²) in [7, 11) is 1.82. The summed E-state index contributed by atoms with van der Waals surface area (Å²) in [6.45, 7) is 2.01. The topological polar surface area (TPSA) is 85.9 Å². The van der Waals surface area contributed by atoms with Crippen LogP contribution in [0.2, 0.25) is 0 Å². The molecular weight excluding hydrogens is 416 g/mol. The van der Waals surface area contributed by atoms with Crippen molar-refractivity contribution >= 4 is 16.8 Å². The van der Waals surface area contributed by atoms with Crippen LogP contribution in [0.1, 0.15) is 49.7 Å². The summed E-state index contributed by atoms with van der Waals surface area (Å²) in [5.41, 5.74) is 2.64. The molecule has 0 spiro atoms. The molecule has 168 valence electrons. The SMILES string of the molecule is CC(c1ccc(-n2cncn2)cc1)N(C)C(=O)CCc1nc2ccccc2c(=O)n1C1CC1. The molecule has 2 aromatic carbocycles. The van der Waals surface area contributed by atoms with E-state index in [2.05, 4.69) is 10.1 Å². The van der Waals surface area contributed by atoms with Gasteiger partial charge in [-0.25, -0.2) is 14.6 Å². The van der Waals surface area contributed by atoms with Gasteiger partial charge in [-0.05, 0) is 49.6 Å². The van der Waals surface area contributed by atoms with Gasteiger partial charge in [0.1, 0.15) is 18.5 Å². The second-order valence-corrected chi connectivity index (χ2v) is 8.56. The Hall–Kier alpha value is -3.81. The second kappa shape index (κ2) is 8.61. The molecule has 0 radical (unpaired) electrons. The zero-order valence-corrected chi connectivity index (χ0v) is 18.8. The Bertz CT molecular complexity index is 1340. The molecule has 1 aliphatic carbocycles. The number of benzene rings is 2. The highest BCUT2D eigenvalue weighted by atomic mass is 16.2. The van der Waals surface area contributed by atoms with E-state index in [1.54, 1.807) is 15.9 Å². The summed E-state index contributed by atoms with van der Waals surface area (Å²) in [5.74, 6) is 0.723. The van der Waals surface area contributed by atoms with Crippen LogP contribution in [0.15, 0.2) is 66.0 Å². The summed E-state index contributed by atoms with van der Waals surface area (Å²) in [6, 6.07) is 15.5. The lowest BCUT2D eigenvalue weighted by atomic mass is 10.1. The average molecular weight is 443 g/mol. The summed E-state index contributed by atoms with van der Waals surface area (Å²) >= 11 is 0. The van der Waals surface area contributed by atoms with E-state index in [9.17, 15) is 9.59 Å². The Kier molecular flexibility index (Phi) is 5.50. The Morgan fingerprint density at radius 1 is 1.15 bits per heavy atom. The molecular formula is C25H26N6O2. The van der Waals surface area contributed by atoms with E-state index in [1.165, 1.54) is 6.33 Å². The third-order valence-electron chi connectivity index (χ3n) is 6.39. The summed E-state index contributed by atoms with van der Waals surface area (Å²) in [5, 5.41) is 4.78. The molecule has 4 aromatic rings. The molecule has 0 N–H and O–H groups in total. The lowest BCUT2D eigenvalue weighted by molar-refractivity contribution is -0.131. The van der Waals surface area contributed by atoms with Gasteiger partial charge in [0.2, 0.25) is 5.91 Å². The van der Waals surface area contributed by atoms with Gasteiger partial charge < -0.3 is 4.90 Å². The normalized spacial score (nSPS) is 14.4. The van der Waals surface area contributed by atoms with Crippen LogP contribution in [0.3, 0.4) is 0 Å². The fraction of sp³-hybridized carbons (Fsp3) is 0.320. The molecule has 0 bridgehead atoms. The first-order valence-corrected chi connectivity index (χ1v) is 11.2. The smallest absolute Gasteiger partial charge is 0.261 e. The number of hydrogen-bond donors (Lipinski definition) is 0. The standard InChI is InChI=1S/C25H26N6O2/c1-17(18-7-9-19(10-8-18)30-16-26-15-27-30)29(2)24(32)14-13-23-28-22-6-4-3-5-21(22)25(33)31(23)20-11-12-20/h3-10,15-17,20H,11-14H2,1-2H3. The van der Waals surface area contributed by atoms with Crippen LogP contribution in [0.5, 0.6) is 0 Å². The number of para-hydroxylation sites is 1. The Morgan fingerprint density at radius 2 is 1.91 bits per heavy atom.